The highest BCUT2D eigenvalue weighted by molar-refractivity contribution is 7.91. The minimum Gasteiger partial charge on any atom is -0.305 e. The molecule has 2 heterocycles. The molecule has 1 aliphatic carbocycles. The summed E-state index contributed by atoms with van der Waals surface area (Å²) in [5.74, 6) is 2.31. The third kappa shape index (κ3) is 1.97. The Hall–Kier alpha value is -0.950. The van der Waals surface area contributed by atoms with Gasteiger partial charge < -0.3 is 5.32 Å². The Morgan fingerprint density at radius 1 is 1.31 bits per heavy atom. The lowest BCUT2D eigenvalue weighted by Crippen LogP contribution is -2.39. The van der Waals surface area contributed by atoms with Crippen LogP contribution < -0.4 is 5.32 Å². The van der Waals surface area contributed by atoms with Crippen LogP contribution in [0.5, 0.6) is 0 Å². The van der Waals surface area contributed by atoms with Gasteiger partial charge in [-0.25, -0.2) is 13.4 Å². The number of H-pyrrole nitrogens is 1. The molecule has 7 heteroatoms. The summed E-state index contributed by atoms with van der Waals surface area (Å²) in [5.41, 5.74) is 0. The fraction of sp³-hybridized carbons (Fsp3) is 0.778. The van der Waals surface area contributed by atoms with Crippen LogP contribution in [0.1, 0.15) is 36.5 Å². The van der Waals surface area contributed by atoms with Crippen LogP contribution in [0.15, 0.2) is 0 Å². The van der Waals surface area contributed by atoms with E-state index in [2.05, 4.69) is 20.5 Å². The van der Waals surface area contributed by atoms with Crippen LogP contribution in [-0.2, 0) is 9.84 Å². The van der Waals surface area contributed by atoms with Crippen LogP contribution in [0.3, 0.4) is 0 Å². The molecule has 1 saturated carbocycles. The lowest BCUT2D eigenvalue weighted by Gasteiger charge is -2.21. The number of rotatable bonds is 2. The summed E-state index contributed by atoms with van der Waals surface area (Å²) in [6, 6.07) is -0.223. The van der Waals surface area contributed by atoms with E-state index in [4.69, 9.17) is 0 Å². The molecule has 2 N–H and O–H groups in total. The van der Waals surface area contributed by atoms with Gasteiger partial charge in [-0.3, -0.25) is 5.10 Å². The monoisotopic (exact) mass is 242 g/mol. The van der Waals surface area contributed by atoms with Gasteiger partial charge in [0.15, 0.2) is 15.7 Å². The lowest BCUT2D eigenvalue weighted by atomic mass is 10.3. The first-order valence-corrected chi connectivity index (χ1v) is 7.32. The number of aromatic amines is 1. The second-order valence-corrected chi connectivity index (χ2v) is 6.70. The van der Waals surface area contributed by atoms with Gasteiger partial charge in [-0.1, -0.05) is 0 Å². The molecule has 0 bridgehead atoms. The maximum atomic E-state index is 11.5. The minimum atomic E-state index is -2.93. The average molecular weight is 242 g/mol. The molecule has 2 fully saturated rings. The van der Waals surface area contributed by atoms with E-state index in [0.29, 0.717) is 18.3 Å². The molecule has 16 heavy (non-hydrogen) atoms. The fourth-order valence-corrected chi connectivity index (χ4v) is 3.31. The van der Waals surface area contributed by atoms with Gasteiger partial charge in [0.25, 0.3) is 0 Å². The van der Waals surface area contributed by atoms with Gasteiger partial charge in [-0.15, -0.1) is 0 Å². The molecule has 2 aliphatic rings. The van der Waals surface area contributed by atoms with E-state index in [9.17, 15) is 8.42 Å². The standard InChI is InChI=1S/C9H14N4O2S/c14-16(15)4-3-10-7(5-16)9-11-8(12-13-9)6-1-2-6/h6-7,10H,1-5H2,(H,11,12,13). The highest BCUT2D eigenvalue weighted by Crippen LogP contribution is 2.38. The number of hydrogen-bond donors (Lipinski definition) is 2. The molecule has 6 nitrogen and oxygen atoms in total. The first kappa shape index (κ1) is 10.2. The maximum absolute atomic E-state index is 11.5. The van der Waals surface area contributed by atoms with Crippen LogP contribution in [0.4, 0.5) is 0 Å². The van der Waals surface area contributed by atoms with E-state index in [1.807, 2.05) is 0 Å². The van der Waals surface area contributed by atoms with Gasteiger partial charge in [-0.05, 0) is 12.8 Å². The van der Waals surface area contributed by atoms with E-state index in [0.717, 1.165) is 18.7 Å². The Kier molecular flexibility index (Phi) is 2.25. The Bertz CT molecular complexity index is 491. The van der Waals surface area contributed by atoms with Crippen molar-refractivity contribution in [2.24, 2.45) is 0 Å². The number of nitrogens with one attached hydrogen (secondary N) is 2. The van der Waals surface area contributed by atoms with Crippen molar-refractivity contribution in [3.63, 3.8) is 0 Å². The molecular weight excluding hydrogens is 228 g/mol. The number of aromatic nitrogens is 3. The van der Waals surface area contributed by atoms with Crippen molar-refractivity contribution in [2.45, 2.75) is 24.8 Å². The first-order valence-electron chi connectivity index (χ1n) is 5.50. The smallest absolute Gasteiger partial charge is 0.153 e. The second-order valence-electron chi connectivity index (χ2n) is 4.47. The lowest BCUT2D eigenvalue weighted by molar-refractivity contribution is 0.516. The number of nitrogens with zero attached hydrogens (tertiary/aromatic N) is 2. The summed E-state index contributed by atoms with van der Waals surface area (Å²) >= 11 is 0. The molecule has 3 rings (SSSR count). The molecule has 1 aliphatic heterocycles. The molecule has 0 aromatic carbocycles. The normalized spacial score (nSPS) is 29.1. The van der Waals surface area contributed by atoms with Crippen molar-refractivity contribution in [2.75, 3.05) is 18.1 Å². The summed E-state index contributed by atoms with van der Waals surface area (Å²) in [6.45, 7) is 0.493. The third-order valence-corrected chi connectivity index (χ3v) is 4.68. The van der Waals surface area contributed by atoms with E-state index in [1.54, 1.807) is 0 Å². The molecular formula is C9H14N4O2S. The average Bonchev–Trinajstić information content (AvgIpc) is 2.95. The Morgan fingerprint density at radius 3 is 2.81 bits per heavy atom. The van der Waals surface area contributed by atoms with Crippen molar-refractivity contribution in [1.82, 2.24) is 20.5 Å². The predicted molar refractivity (Wildman–Crippen MR) is 57.8 cm³/mol. The topological polar surface area (TPSA) is 87.7 Å². The zero-order chi connectivity index (χ0) is 11.2. The summed E-state index contributed by atoms with van der Waals surface area (Å²) in [5, 5.41) is 10.1. The Labute approximate surface area is 93.8 Å². The third-order valence-electron chi connectivity index (χ3n) is 3.02. The van der Waals surface area contributed by atoms with Crippen LogP contribution >= 0.6 is 0 Å². The summed E-state index contributed by atoms with van der Waals surface area (Å²) in [7, 11) is -2.93. The molecule has 1 aromatic heterocycles. The van der Waals surface area contributed by atoms with Gasteiger partial charge in [0.1, 0.15) is 5.82 Å². The van der Waals surface area contributed by atoms with Gasteiger partial charge >= 0.3 is 0 Å². The van der Waals surface area contributed by atoms with Gasteiger partial charge in [0.2, 0.25) is 0 Å². The molecule has 1 saturated heterocycles. The molecule has 88 valence electrons. The van der Waals surface area contributed by atoms with Crippen molar-refractivity contribution >= 4 is 9.84 Å². The predicted octanol–water partition coefficient (Wildman–Crippen LogP) is -0.259. The Balaban J connectivity index is 1.80. The summed E-state index contributed by atoms with van der Waals surface area (Å²) < 4.78 is 23.0. The van der Waals surface area contributed by atoms with Crippen LogP contribution in [0, 0.1) is 0 Å². The molecule has 0 radical (unpaired) electrons. The van der Waals surface area contributed by atoms with Crippen LogP contribution in [0.25, 0.3) is 0 Å². The van der Waals surface area contributed by atoms with Crippen molar-refractivity contribution in [3.8, 4) is 0 Å². The minimum absolute atomic E-state index is 0.117. The fourth-order valence-electron chi connectivity index (χ4n) is 1.93. The van der Waals surface area contributed by atoms with Crippen molar-refractivity contribution in [1.29, 1.82) is 0 Å². The van der Waals surface area contributed by atoms with E-state index in [1.165, 1.54) is 0 Å². The molecule has 1 unspecified atom stereocenters. The second kappa shape index (κ2) is 3.53. The largest absolute Gasteiger partial charge is 0.305 e. The maximum Gasteiger partial charge on any atom is 0.153 e. The zero-order valence-electron chi connectivity index (χ0n) is 8.81. The van der Waals surface area contributed by atoms with Gasteiger partial charge in [0, 0.05) is 12.5 Å². The Morgan fingerprint density at radius 2 is 2.12 bits per heavy atom. The molecule has 0 amide bonds. The summed E-state index contributed by atoms with van der Waals surface area (Å²) in [4.78, 5) is 4.37. The van der Waals surface area contributed by atoms with E-state index in [-0.39, 0.29) is 17.5 Å². The van der Waals surface area contributed by atoms with Gasteiger partial charge in [-0.2, -0.15) is 5.10 Å². The number of hydrogen-bond acceptors (Lipinski definition) is 5. The van der Waals surface area contributed by atoms with E-state index < -0.39 is 9.84 Å². The number of sulfone groups is 1. The van der Waals surface area contributed by atoms with Crippen LogP contribution in [-0.4, -0.2) is 41.6 Å². The SMILES string of the molecule is O=S1(=O)CCNC(c2nc(C3CC3)n[nH]2)C1. The highest BCUT2D eigenvalue weighted by atomic mass is 32.2. The quantitative estimate of drug-likeness (QED) is 0.746. The van der Waals surface area contributed by atoms with Gasteiger partial charge in [0.05, 0.1) is 17.5 Å². The molecule has 1 aromatic rings. The van der Waals surface area contributed by atoms with E-state index >= 15 is 0 Å². The molecule has 0 spiro atoms. The zero-order valence-corrected chi connectivity index (χ0v) is 9.63. The first-order chi connectivity index (χ1) is 7.64. The van der Waals surface area contributed by atoms with Crippen molar-refractivity contribution < 1.29 is 8.42 Å². The summed E-state index contributed by atoms with van der Waals surface area (Å²) in [6.07, 6.45) is 2.29. The van der Waals surface area contributed by atoms with Crippen molar-refractivity contribution in [3.05, 3.63) is 11.6 Å². The van der Waals surface area contributed by atoms with Crippen LogP contribution in [0.2, 0.25) is 0 Å². The highest BCUT2D eigenvalue weighted by Gasteiger charge is 2.31. The molecule has 1 atom stereocenters.